The highest BCUT2D eigenvalue weighted by Gasteiger charge is 2.25. The summed E-state index contributed by atoms with van der Waals surface area (Å²) >= 11 is 6.87. The normalized spacial score (nSPS) is 15.8. The average molecular weight is 1550 g/mol. The zero-order chi connectivity index (χ0) is 75.6. The van der Waals surface area contributed by atoms with Crippen LogP contribution >= 0.6 is 45.3 Å². The van der Waals surface area contributed by atoms with Crippen molar-refractivity contribution in [1.29, 1.82) is 0 Å². The number of nitrogens with zero attached hydrogens (tertiary/aromatic N) is 15. The number of thiophene rings is 4. The molecule has 4 aliphatic rings. The molecule has 2 atom stereocenters. The summed E-state index contributed by atoms with van der Waals surface area (Å²) in [5.74, 6) is 1.30. The van der Waals surface area contributed by atoms with E-state index in [0.29, 0.717) is 57.3 Å². The van der Waals surface area contributed by atoms with Gasteiger partial charge in [0.15, 0.2) is 0 Å². The van der Waals surface area contributed by atoms with Crippen molar-refractivity contribution in [1.82, 2.24) is 65.1 Å². The van der Waals surface area contributed by atoms with Gasteiger partial charge in [-0.3, -0.25) is 79.0 Å². The Morgan fingerprint density at radius 1 is 0.364 bits per heavy atom. The first kappa shape index (κ1) is 77.8. The summed E-state index contributed by atoms with van der Waals surface area (Å²) in [6.45, 7) is 15.1. The van der Waals surface area contributed by atoms with Gasteiger partial charge in [0, 0.05) is 261 Å². The lowest BCUT2D eigenvalue weighted by Crippen LogP contribution is -2.45. The van der Waals surface area contributed by atoms with Crippen LogP contribution < -0.4 is 20.0 Å². The Bertz CT molecular complexity index is 4480. The fourth-order valence-electron chi connectivity index (χ4n) is 13.0. The van der Waals surface area contributed by atoms with Crippen LogP contribution in [0.4, 0.5) is 15.0 Å². The van der Waals surface area contributed by atoms with Crippen LogP contribution in [0, 0.1) is 0 Å². The summed E-state index contributed by atoms with van der Waals surface area (Å²) in [4.78, 5) is 114. The van der Waals surface area contributed by atoms with Crippen LogP contribution in [0.3, 0.4) is 0 Å². The third-order valence-corrected chi connectivity index (χ3v) is 23.2. The molecule has 4 aliphatic heterocycles. The lowest BCUT2D eigenvalue weighted by Gasteiger charge is -2.35. The molecule has 16 rings (SSSR count). The Labute approximate surface area is 655 Å². The molecule has 0 saturated carbocycles. The zero-order valence-electron chi connectivity index (χ0n) is 61.5. The maximum atomic E-state index is 12.5. The fourth-order valence-corrected chi connectivity index (χ4v) is 17.4. The predicted octanol–water partition coefficient (Wildman–Crippen LogP) is 12.6. The number of piperazine rings is 1. The van der Waals surface area contributed by atoms with Crippen LogP contribution in [0.15, 0.2) is 196 Å². The monoisotopic (exact) mass is 1550 g/mol. The molecule has 12 aromatic rings. The first-order valence-corrected chi connectivity index (χ1v) is 40.2. The Morgan fingerprint density at radius 2 is 0.700 bits per heavy atom. The second kappa shape index (κ2) is 39.8. The number of pyridine rings is 4. The van der Waals surface area contributed by atoms with Crippen molar-refractivity contribution in [2.75, 3.05) is 93.5 Å². The van der Waals surface area contributed by atoms with E-state index in [1.54, 1.807) is 144 Å². The minimum absolute atomic E-state index is 0.168. The number of nitrogens with one attached hydrogen (secondary N) is 1. The second-order valence-electron chi connectivity index (χ2n) is 27.0. The van der Waals surface area contributed by atoms with Crippen molar-refractivity contribution in [2.45, 2.75) is 96.2 Å². The quantitative estimate of drug-likeness (QED) is 0.0588. The largest absolute Gasteiger partial charge is 0.381 e. The Morgan fingerprint density at radius 3 is 1.05 bits per heavy atom. The molecule has 4 fully saturated rings. The topological polar surface area (TPSA) is 272 Å². The van der Waals surface area contributed by atoms with E-state index in [9.17, 15) is 19.2 Å². The highest BCUT2D eigenvalue weighted by atomic mass is 32.1. The van der Waals surface area contributed by atoms with Crippen molar-refractivity contribution in [3.05, 3.63) is 243 Å². The molecule has 110 heavy (non-hydrogen) atoms. The van der Waals surface area contributed by atoms with Gasteiger partial charge in [-0.15, -0.1) is 45.3 Å². The van der Waals surface area contributed by atoms with E-state index >= 15 is 0 Å². The first-order chi connectivity index (χ1) is 53.9. The summed E-state index contributed by atoms with van der Waals surface area (Å²) in [6, 6.07) is 32.1. The van der Waals surface area contributed by atoms with Gasteiger partial charge in [-0.25, -0.2) is 0 Å². The molecule has 27 heteroatoms. The molecule has 12 aromatic heterocycles. The molecule has 0 aromatic carbocycles. The van der Waals surface area contributed by atoms with Gasteiger partial charge in [0.25, 0.3) is 0 Å². The molecule has 0 aliphatic carbocycles. The highest BCUT2D eigenvalue weighted by molar-refractivity contribution is 7.16. The molecule has 23 nitrogen and oxygen atoms in total. The van der Waals surface area contributed by atoms with E-state index in [4.69, 9.17) is 14.2 Å². The third kappa shape index (κ3) is 23.3. The Balaban J connectivity index is 0.000000129. The summed E-state index contributed by atoms with van der Waals surface area (Å²) in [7, 11) is 0. The minimum Gasteiger partial charge on any atom is -0.381 e. The number of rotatable bonds is 24. The second-order valence-corrected chi connectivity index (χ2v) is 31.6. The highest BCUT2D eigenvalue weighted by Crippen LogP contribution is 2.34. The van der Waals surface area contributed by atoms with Crippen molar-refractivity contribution < 1.29 is 33.4 Å². The molecule has 0 amide bonds. The number of ketones is 4. The van der Waals surface area contributed by atoms with Crippen LogP contribution in [0.1, 0.15) is 79.8 Å². The molecule has 564 valence electrons. The standard InChI is InChI=1S/C22H24N4O2S.C21H21N3O2S.C20H21N5OS.C20H20N4O2S/c1-15-13-26(14-16(2)28-15)22-6-5-20(29-22)10-19(27)9-18-4-3-17(11-25-18)21-12-23-7-8-24-21;25-18(12-19-3-4-21(27-19)15-5-9-26-10-6-15)11-17-2-1-16(13-24-17)20-14-22-7-8-23-20;26-17(12-18-3-4-20(27-18)25-9-7-21-8-10-25)11-16-2-1-15(13-24-16)19-14-22-5-6-23-19;25-17(12-18-3-4-20(27-18)24-7-9-26-10-8-24)11-16-2-1-15(13-23-16)19-14-21-5-6-22-19/h3-8,11-12,15-16H,9-10,13-14H2,1-2H3;1-4,7-8,13-15H,5-6,9-12H2;1-6,13-14,21H,7-12H2;1-6,13-14H,7-12H2. The van der Waals surface area contributed by atoms with Gasteiger partial charge >= 0.3 is 0 Å². The minimum atomic E-state index is 0.168. The van der Waals surface area contributed by atoms with Crippen LogP contribution in [-0.2, 0) is 84.8 Å². The number of ether oxygens (including phenoxy) is 3. The van der Waals surface area contributed by atoms with Gasteiger partial charge in [0.05, 0.1) is 88.0 Å². The first-order valence-electron chi connectivity index (χ1n) is 36.9. The van der Waals surface area contributed by atoms with Gasteiger partial charge in [0.1, 0.15) is 23.1 Å². The van der Waals surface area contributed by atoms with Gasteiger partial charge in [-0.1, -0.05) is 0 Å². The molecule has 1 N–H and O–H groups in total. The predicted molar refractivity (Wildman–Crippen MR) is 431 cm³/mol. The number of carbonyl (C=O) groups excluding carboxylic acids is 4. The van der Waals surface area contributed by atoms with Gasteiger partial charge in [-0.05, 0) is 130 Å². The lowest BCUT2D eigenvalue weighted by atomic mass is 9.99. The number of carbonyl (C=O) groups is 4. The number of Topliss-reactive ketones (excluding diaryl/α,β-unsaturated/α-hetero) is 4. The summed E-state index contributed by atoms with van der Waals surface area (Å²) in [5, 5.41) is 7.04. The smallest absolute Gasteiger partial charge is 0.144 e. The summed E-state index contributed by atoms with van der Waals surface area (Å²) in [6.07, 6.45) is 32.8. The molecule has 2 unspecified atom stereocenters. The van der Waals surface area contributed by atoms with E-state index < -0.39 is 0 Å². The molecule has 0 bridgehead atoms. The fraction of sp³-hybridized carbons (Fsp3) is 0.325. The van der Waals surface area contributed by atoms with Crippen molar-refractivity contribution in [3.63, 3.8) is 0 Å². The van der Waals surface area contributed by atoms with Crippen LogP contribution in [0.2, 0.25) is 0 Å². The maximum Gasteiger partial charge on any atom is 0.144 e. The summed E-state index contributed by atoms with van der Waals surface area (Å²) in [5.41, 5.74) is 9.82. The SMILES string of the molecule is CC1CN(c2ccc(CC(=O)Cc3ccc(-c4cnccn4)cn3)s2)CC(C)O1.O=C(Cc1ccc(-c2cnccn2)cn1)Cc1ccc(C2CCOCC2)s1.O=C(Cc1ccc(-c2cnccn2)cn1)Cc1ccc(N2CCNCC2)s1.O=C(Cc1ccc(-c2cnccn2)cn1)Cc1ccc(N2CCOCC2)s1. The van der Waals surface area contributed by atoms with Gasteiger partial charge in [0.2, 0.25) is 0 Å². The number of anilines is 3. The van der Waals surface area contributed by atoms with Crippen LogP contribution in [-0.4, -0.2) is 174 Å². The number of hydrogen-bond donors (Lipinski definition) is 1. The average Bonchev–Trinajstić information content (AvgIpc) is 1.81. The van der Waals surface area contributed by atoms with Gasteiger partial charge in [-0.2, -0.15) is 0 Å². The number of aromatic nitrogens is 12. The van der Waals surface area contributed by atoms with Gasteiger partial charge < -0.3 is 34.2 Å². The lowest BCUT2D eigenvalue weighted by molar-refractivity contribution is -0.118. The molecule has 16 heterocycles. The van der Waals surface area contributed by atoms with E-state index in [1.165, 1.54) is 19.9 Å². The molecule has 0 radical (unpaired) electrons. The molecule has 0 spiro atoms. The van der Waals surface area contributed by atoms with Crippen molar-refractivity contribution >= 4 is 83.5 Å². The number of morpholine rings is 2. The molecule has 4 saturated heterocycles. The third-order valence-electron chi connectivity index (χ3n) is 18.5. The Hall–Kier alpha value is -10.4. The molecular weight excluding hydrogens is 1460 g/mol. The van der Waals surface area contributed by atoms with Crippen molar-refractivity contribution in [2.24, 2.45) is 0 Å². The van der Waals surface area contributed by atoms with Crippen molar-refractivity contribution in [3.8, 4) is 45.0 Å². The van der Waals surface area contributed by atoms with Crippen LogP contribution in [0.25, 0.3) is 45.0 Å². The number of hydrogen-bond acceptors (Lipinski definition) is 27. The van der Waals surface area contributed by atoms with E-state index in [-0.39, 0.29) is 35.3 Å². The maximum absolute atomic E-state index is 12.5. The Kier molecular flexibility index (Phi) is 28.2. The summed E-state index contributed by atoms with van der Waals surface area (Å²) < 4.78 is 16.6. The van der Waals surface area contributed by atoms with Crippen LogP contribution in [0.5, 0.6) is 0 Å². The zero-order valence-corrected chi connectivity index (χ0v) is 64.7. The van der Waals surface area contributed by atoms with E-state index in [2.05, 4.69) is 142 Å². The molecular formula is C83H86N16O7S4. The van der Waals surface area contributed by atoms with E-state index in [1.807, 2.05) is 48.5 Å². The van der Waals surface area contributed by atoms with E-state index in [0.717, 1.165) is 179 Å².